The number of nitrogens with one attached hydrogen (secondary N) is 1. The molecule has 4 atom stereocenters. The van der Waals surface area contributed by atoms with E-state index in [0.29, 0.717) is 25.9 Å². The molecule has 0 bridgehead atoms. The maximum Gasteiger partial charge on any atom is 0.410 e. The summed E-state index contributed by atoms with van der Waals surface area (Å²) in [7, 11) is 0. The highest BCUT2D eigenvalue weighted by Gasteiger charge is 2.61. The van der Waals surface area contributed by atoms with Crippen molar-refractivity contribution in [3.05, 3.63) is 47.5 Å². The average molecular weight is 496 g/mol. The molecule has 0 spiro atoms. The topological polar surface area (TPSA) is 116 Å². The van der Waals surface area contributed by atoms with Gasteiger partial charge in [-0.3, -0.25) is 14.5 Å². The van der Waals surface area contributed by atoms with Gasteiger partial charge >= 0.3 is 12.1 Å². The molecule has 0 aromatic heterocycles. The van der Waals surface area contributed by atoms with E-state index in [0.717, 1.165) is 43.2 Å². The first kappa shape index (κ1) is 24.3. The van der Waals surface area contributed by atoms with Crippen LogP contribution in [-0.2, 0) is 32.2 Å². The van der Waals surface area contributed by atoms with Gasteiger partial charge in [-0.05, 0) is 36.8 Å². The Morgan fingerprint density at radius 1 is 1.06 bits per heavy atom. The van der Waals surface area contributed by atoms with Crippen LogP contribution in [-0.4, -0.2) is 63.0 Å². The average Bonchev–Trinajstić information content (AvgIpc) is 3.18. The lowest BCUT2D eigenvalue weighted by Crippen LogP contribution is -2.53. The Bertz CT molecular complexity index is 1060. The van der Waals surface area contributed by atoms with E-state index < -0.39 is 35.7 Å². The third-order valence-corrected chi connectivity index (χ3v) is 7.87. The normalized spacial score (nSPS) is 31.3. The van der Waals surface area contributed by atoms with Crippen LogP contribution in [0.15, 0.2) is 36.4 Å². The van der Waals surface area contributed by atoms with Gasteiger partial charge < -0.3 is 20.1 Å². The summed E-state index contributed by atoms with van der Waals surface area (Å²) >= 11 is 0. The second-order valence-corrected chi connectivity index (χ2v) is 10.4. The van der Waals surface area contributed by atoms with Crippen molar-refractivity contribution in [2.24, 2.45) is 5.92 Å². The summed E-state index contributed by atoms with van der Waals surface area (Å²) in [6.07, 6.45) is 8.07. The van der Waals surface area contributed by atoms with Gasteiger partial charge in [0, 0.05) is 31.8 Å². The van der Waals surface area contributed by atoms with Crippen molar-refractivity contribution in [1.29, 1.82) is 0 Å². The number of hydrogen-bond donors (Lipinski definition) is 2. The summed E-state index contributed by atoms with van der Waals surface area (Å²) in [5.74, 6) is -1.99. The van der Waals surface area contributed by atoms with Gasteiger partial charge in [-0.2, -0.15) is 0 Å². The highest BCUT2D eigenvalue weighted by atomic mass is 16.6. The van der Waals surface area contributed by atoms with Gasteiger partial charge in [-0.1, -0.05) is 49.3 Å². The van der Waals surface area contributed by atoms with Gasteiger partial charge in [0.15, 0.2) is 0 Å². The summed E-state index contributed by atoms with van der Waals surface area (Å²) in [4.78, 5) is 54.5. The molecule has 3 aliphatic heterocycles. The molecule has 0 radical (unpaired) electrons. The standard InChI is InChI=1S/C27H33N3O6/c31-23-12-6-4-2-1-3-5-11-20-14-27(20,25(33)34)28-24(32)22-13-21(17-30(22)23)36-26(35)29-15-18-9-7-8-10-19(18)16-29/h5,7-11,20-22H,1-4,6,12-17H2,(H,28,32)(H,33,34)/b11-5+. The largest absolute Gasteiger partial charge is 0.479 e. The number of carboxylic acid groups (broad SMARTS) is 1. The minimum atomic E-state index is -1.33. The zero-order chi connectivity index (χ0) is 25.3. The van der Waals surface area contributed by atoms with Crippen molar-refractivity contribution in [1.82, 2.24) is 15.1 Å². The van der Waals surface area contributed by atoms with Gasteiger partial charge in [0.2, 0.25) is 11.8 Å². The number of benzene rings is 1. The van der Waals surface area contributed by atoms with Gasteiger partial charge in [0.1, 0.15) is 17.7 Å². The van der Waals surface area contributed by atoms with Gasteiger partial charge in [-0.25, -0.2) is 9.59 Å². The lowest BCUT2D eigenvalue weighted by Gasteiger charge is -2.25. The maximum absolute atomic E-state index is 13.3. The van der Waals surface area contributed by atoms with Crippen LogP contribution in [0.2, 0.25) is 0 Å². The Balaban J connectivity index is 1.29. The fourth-order valence-electron chi connectivity index (χ4n) is 5.65. The van der Waals surface area contributed by atoms with E-state index in [4.69, 9.17) is 4.74 Å². The third-order valence-electron chi connectivity index (χ3n) is 7.87. The number of ether oxygens (including phenoxy) is 1. The maximum atomic E-state index is 13.3. The molecule has 1 aromatic carbocycles. The number of fused-ring (bicyclic) bond motifs is 3. The van der Waals surface area contributed by atoms with Crippen molar-refractivity contribution in [2.75, 3.05) is 6.54 Å². The van der Waals surface area contributed by atoms with E-state index in [1.165, 1.54) is 4.90 Å². The molecule has 1 aromatic rings. The fourth-order valence-corrected chi connectivity index (χ4v) is 5.65. The van der Waals surface area contributed by atoms with E-state index >= 15 is 0 Å². The summed E-state index contributed by atoms with van der Waals surface area (Å²) in [5, 5.41) is 12.6. The number of carboxylic acids is 1. The van der Waals surface area contributed by atoms with Gasteiger partial charge in [0.05, 0.1) is 6.54 Å². The van der Waals surface area contributed by atoms with Crippen molar-refractivity contribution in [3.63, 3.8) is 0 Å². The fraction of sp³-hybridized carbons (Fsp3) is 0.556. The van der Waals surface area contributed by atoms with Crippen LogP contribution in [0.25, 0.3) is 0 Å². The molecule has 2 N–H and O–H groups in total. The second kappa shape index (κ2) is 9.95. The summed E-state index contributed by atoms with van der Waals surface area (Å²) in [6.45, 7) is 1.06. The van der Waals surface area contributed by atoms with Crippen LogP contribution in [0.4, 0.5) is 4.79 Å². The molecule has 4 unspecified atom stereocenters. The number of carbonyl (C=O) groups is 4. The van der Waals surface area contributed by atoms with Crippen molar-refractivity contribution >= 4 is 23.9 Å². The zero-order valence-electron chi connectivity index (χ0n) is 20.4. The molecular weight excluding hydrogens is 462 g/mol. The molecule has 1 saturated heterocycles. The minimum absolute atomic E-state index is 0.132. The first-order valence-electron chi connectivity index (χ1n) is 12.9. The number of amides is 3. The minimum Gasteiger partial charge on any atom is -0.479 e. The Hall–Kier alpha value is -3.36. The van der Waals surface area contributed by atoms with Crippen LogP contribution < -0.4 is 5.32 Å². The molecule has 1 aliphatic carbocycles. The molecular formula is C27H33N3O6. The van der Waals surface area contributed by atoms with Crippen molar-refractivity contribution in [3.8, 4) is 0 Å². The Labute approximate surface area is 210 Å². The highest BCUT2D eigenvalue weighted by Crippen LogP contribution is 2.45. The van der Waals surface area contributed by atoms with Crippen LogP contribution >= 0.6 is 0 Å². The lowest BCUT2D eigenvalue weighted by molar-refractivity contribution is -0.145. The Morgan fingerprint density at radius 2 is 1.78 bits per heavy atom. The zero-order valence-corrected chi connectivity index (χ0v) is 20.4. The molecule has 9 nitrogen and oxygen atoms in total. The summed E-state index contributed by atoms with van der Waals surface area (Å²) in [6, 6.07) is 6.97. The number of aliphatic carboxylic acids is 1. The third kappa shape index (κ3) is 4.83. The molecule has 5 rings (SSSR count). The van der Waals surface area contributed by atoms with Gasteiger partial charge in [-0.15, -0.1) is 0 Å². The Kier molecular flexibility index (Phi) is 6.73. The van der Waals surface area contributed by atoms with Crippen LogP contribution in [0.5, 0.6) is 0 Å². The molecule has 36 heavy (non-hydrogen) atoms. The lowest BCUT2D eigenvalue weighted by atomic mass is 10.1. The highest BCUT2D eigenvalue weighted by molar-refractivity contribution is 5.94. The molecule has 1 saturated carbocycles. The molecule has 3 heterocycles. The molecule has 9 heteroatoms. The number of rotatable bonds is 2. The predicted molar refractivity (Wildman–Crippen MR) is 130 cm³/mol. The number of allylic oxidation sites excluding steroid dienone is 1. The van der Waals surface area contributed by atoms with Gasteiger partial charge in [0.25, 0.3) is 0 Å². The predicted octanol–water partition coefficient (Wildman–Crippen LogP) is 2.98. The van der Waals surface area contributed by atoms with E-state index in [1.54, 1.807) is 4.90 Å². The van der Waals surface area contributed by atoms with E-state index in [2.05, 4.69) is 5.32 Å². The van der Waals surface area contributed by atoms with E-state index in [1.807, 2.05) is 36.4 Å². The summed E-state index contributed by atoms with van der Waals surface area (Å²) in [5.41, 5.74) is 0.823. The molecule has 2 fully saturated rings. The monoisotopic (exact) mass is 495 g/mol. The number of carbonyl (C=O) groups excluding carboxylic acids is 3. The first-order chi connectivity index (χ1) is 17.4. The van der Waals surface area contributed by atoms with Crippen molar-refractivity contribution < 1.29 is 29.0 Å². The molecule has 192 valence electrons. The quantitative estimate of drug-likeness (QED) is 0.610. The Morgan fingerprint density at radius 3 is 2.50 bits per heavy atom. The second-order valence-electron chi connectivity index (χ2n) is 10.4. The van der Waals surface area contributed by atoms with Crippen LogP contribution in [0.1, 0.15) is 62.5 Å². The van der Waals surface area contributed by atoms with Crippen molar-refractivity contribution in [2.45, 2.75) is 82.1 Å². The van der Waals surface area contributed by atoms with E-state index in [-0.39, 0.29) is 24.8 Å². The first-order valence-corrected chi connectivity index (χ1v) is 12.9. The molecule has 3 amide bonds. The molecule has 4 aliphatic rings. The SMILES string of the molecule is O=C1NC2(C(=O)O)CC2/C=C/CCCCCCC(=O)N2CC(OC(=O)N3Cc4ccccc4C3)CC12. The number of hydrogen-bond acceptors (Lipinski definition) is 5. The number of nitrogens with zero attached hydrogens (tertiary/aromatic N) is 2. The van der Waals surface area contributed by atoms with E-state index in [9.17, 15) is 24.3 Å². The summed E-state index contributed by atoms with van der Waals surface area (Å²) < 4.78 is 5.76. The van der Waals surface area contributed by atoms with Crippen LogP contribution in [0.3, 0.4) is 0 Å². The van der Waals surface area contributed by atoms with Crippen LogP contribution in [0, 0.1) is 5.92 Å². The smallest absolute Gasteiger partial charge is 0.410 e.